The Hall–Kier alpha value is -2.62. The molecule has 1 saturated carbocycles. The van der Waals surface area contributed by atoms with Crippen LogP contribution in [0.15, 0.2) is 48.7 Å². The van der Waals surface area contributed by atoms with Gasteiger partial charge in [0.25, 0.3) is 5.91 Å². The summed E-state index contributed by atoms with van der Waals surface area (Å²) in [5, 5.41) is 0.844. The van der Waals surface area contributed by atoms with Crippen LogP contribution in [0.25, 0.3) is 22.0 Å². The number of amides is 1. The van der Waals surface area contributed by atoms with Crippen molar-refractivity contribution in [3.05, 3.63) is 60.0 Å². The first kappa shape index (κ1) is 15.9. The zero-order valence-electron chi connectivity index (χ0n) is 14.3. The number of benzene rings is 2. The van der Waals surface area contributed by atoms with E-state index in [4.69, 9.17) is 0 Å². The summed E-state index contributed by atoms with van der Waals surface area (Å²) in [5.74, 6) is -0.204. The van der Waals surface area contributed by atoms with E-state index in [2.05, 4.69) is 4.98 Å². The molecular weight excluding hydrogens is 315 g/mol. The van der Waals surface area contributed by atoms with Crippen molar-refractivity contribution >= 4 is 16.8 Å². The van der Waals surface area contributed by atoms with Crippen molar-refractivity contribution in [2.24, 2.45) is 0 Å². The van der Waals surface area contributed by atoms with Crippen molar-refractivity contribution in [3.8, 4) is 11.1 Å². The molecule has 0 atom stereocenters. The molecule has 4 heteroatoms. The maximum Gasteiger partial charge on any atom is 0.253 e. The first-order chi connectivity index (χ1) is 12.1. The van der Waals surface area contributed by atoms with E-state index < -0.39 is 0 Å². The molecule has 2 aromatic carbocycles. The Bertz CT molecular complexity index is 907. The van der Waals surface area contributed by atoms with Crippen molar-refractivity contribution in [1.29, 1.82) is 0 Å². The number of halogens is 1. The minimum atomic E-state index is -0.265. The van der Waals surface area contributed by atoms with Crippen LogP contribution in [0.3, 0.4) is 0 Å². The van der Waals surface area contributed by atoms with E-state index in [1.54, 1.807) is 6.20 Å². The molecule has 0 radical (unpaired) electrons. The van der Waals surface area contributed by atoms with Crippen LogP contribution in [0.1, 0.15) is 36.0 Å². The smallest absolute Gasteiger partial charge is 0.253 e. The molecule has 0 unspecified atom stereocenters. The summed E-state index contributed by atoms with van der Waals surface area (Å²) in [6.07, 6.45) is 6.33. The van der Waals surface area contributed by atoms with Crippen LogP contribution in [0.5, 0.6) is 0 Å². The van der Waals surface area contributed by atoms with E-state index in [1.165, 1.54) is 18.9 Å². The number of nitrogens with zero attached hydrogens (tertiary/aromatic N) is 1. The van der Waals surface area contributed by atoms with E-state index in [0.29, 0.717) is 17.1 Å². The predicted octanol–water partition coefficient (Wildman–Crippen LogP) is 4.99. The fourth-order valence-electron chi connectivity index (χ4n) is 3.76. The number of carbonyl (C=O) groups excluding carboxylic acids is 1. The Morgan fingerprint density at radius 3 is 2.52 bits per heavy atom. The first-order valence-electron chi connectivity index (χ1n) is 8.78. The summed E-state index contributed by atoms with van der Waals surface area (Å²) in [5.41, 5.74) is 2.92. The van der Waals surface area contributed by atoms with E-state index in [1.807, 2.05) is 48.3 Å². The third-order valence-electron chi connectivity index (χ3n) is 5.27. The average Bonchev–Trinajstić information content (AvgIpc) is 3.32. The molecule has 1 aromatic heterocycles. The fraction of sp³-hybridized carbons (Fsp3) is 0.286. The minimum Gasteiger partial charge on any atom is -0.359 e. The molecule has 0 spiro atoms. The second-order valence-electron chi connectivity index (χ2n) is 6.83. The molecular formula is C21H21FN2O. The molecule has 3 aromatic rings. The third-order valence-corrected chi connectivity index (χ3v) is 5.27. The van der Waals surface area contributed by atoms with E-state index in [0.717, 1.165) is 29.4 Å². The van der Waals surface area contributed by atoms with Crippen LogP contribution in [0, 0.1) is 5.82 Å². The molecule has 1 fully saturated rings. The molecule has 1 aliphatic carbocycles. The number of H-pyrrole nitrogens is 1. The van der Waals surface area contributed by atoms with Crippen molar-refractivity contribution in [2.75, 3.05) is 7.05 Å². The van der Waals surface area contributed by atoms with Crippen LogP contribution >= 0.6 is 0 Å². The highest BCUT2D eigenvalue weighted by molar-refractivity contribution is 5.95. The number of rotatable bonds is 3. The molecule has 1 amide bonds. The largest absolute Gasteiger partial charge is 0.359 e. The average molecular weight is 336 g/mol. The topological polar surface area (TPSA) is 36.1 Å². The summed E-state index contributed by atoms with van der Waals surface area (Å²) in [7, 11) is 1.89. The zero-order chi connectivity index (χ0) is 17.4. The SMILES string of the molecule is CN(C(=O)c1ccc(-c2cc(F)c3[nH]ccc3c2)cc1)C1CCCC1. The summed E-state index contributed by atoms with van der Waals surface area (Å²) < 4.78 is 14.2. The van der Waals surface area contributed by atoms with Crippen molar-refractivity contribution in [3.63, 3.8) is 0 Å². The monoisotopic (exact) mass is 336 g/mol. The number of aromatic nitrogens is 1. The highest BCUT2D eigenvalue weighted by Gasteiger charge is 2.24. The number of aromatic amines is 1. The van der Waals surface area contributed by atoms with Crippen molar-refractivity contribution < 1.29 is 9.18 Å². The lowest BCUT2D eigenvalue weighted by Crippen LogP contribution is -2.35. The van der Waals surface area contributed by atoms with Gasteiger partial charge in [-0.3, -0.25) is 4.79 Å². The maximum atomic E-state index is 14.2. The second kappa shape index (κ2) is 6.36. The first-order valence-corrected chi connectivity index (χ1v) is 8.78. The Kier molecular flexibility index (Phi) is 4.04. The second-order valence-corrected chi connectivity index (χ2v) is 6.83. The number of carbonyl (C=O) groups is 1. The Morgan fingerprint density at radius 1 is 1.08 bits per heavy atom. The van der Waals surface area contributed by atoms with Gasteiger partial charge >= 0.3 is 0 Å². The molecule has 1 aliphatic rings. The summed E-state index contributed by atoms with van der Waals surface area (Å²) >= 11 is 0. The summed E-state index contributed by atoms with van der Waals surface area (Å²) in [6.45, 7) is 0. The van der Waals surface area contributed by atoms with Crippen molar-refractivity contribution in [2.45, 2.75) is 31.7 Å². The molecule has 1 heterocycles. The summed E-state index contributed by atoms with van der Waals surface area (Å²) in [6, 6.07) is 13.2. The Balaban J connectivity index is 1.59. The molecule has 0 saturated heterocycles. The lowest BCUT2D eigenvalue weighted by Gasteiger charge is -2.24. The van der Waals surface area contributed by atoms with Gasteiger partial charge in [-0.15, -0.1) is 0 Å². The number of nitrogens with one attached hydrogen (secondary N) is 1. The van der Waals surface area contributed by atoms with Crippen LogP contribution in [0.4, 0.5) is 4.39 Å². The molecule has 4 rings (SSSR count). The molecule has 128 valence electrons. The zero-order valence-corrected chi connectivity index (χ0v) is 14.3. The quantitative estimate of drug-likeness (QED) is 0.719. The normalized spacial score (nSPS) is 15.0. The van der Waals surface area contributed by atoms with E-state index in [-0.39, 0.29) is 11.7 Å². The highest BCUT2D eigenvalue weighted by atomic mass is 19.1. The van der Waals surface area contributed by atoms with Gasteiger partial charge in [0, 0.05) is 30.2 Å². The van der Waals surface area contributed by atoms with Gasteiger partial charge in [0.05, 0.1) is 5.52 Å². The maximum absolute atomic E-state index is 14.2. The van der Waals surface area contributed by atoms with Gasteiger partial charge in [0.2, 0.25) is 0 Å². The number of fused-ring (bicyclic) bond motifs is 1. The highest BCUT2D eigenvalue weighted by Crippen LogP contribution is 2.28. The van der Waals surface area contributed by atoms with Crippen LogP contribution in [-0.2, 0) is 0 Å². The number of hydrogen-bond acceptors (Lipinski definition) is 1. The van der Waals surface area contributed by atoms with Gasteiger partial charge in [-0.1, -0.05) is 25.0 Å². The Labute approximate surface area is 146 Å². The van der Waals surface area contributed by atoms with Gasteiger partial charge < -0.3 is 9.88 Å². The van der Waals surface area contributed by atoms with Gasteiger partial charge in [-0.2, -0.15) is 0 Å². The van der Waals surface area contributed by atoms with Gasteiger partial charge in [0.1, 0.15) is 5.82 Å². The Morgan fingerprint density at radius 2 is 1.80 bits per heavy atom. The predicted molar refractivity (Wildman–Crippen MR) is 98.0 cm³/mol. The number of hydrogen-bond donors (Lipinski definition) is 1. The molecule has 0 aliphatic heterocycles. The van der Waals surface area contributed by atoms with Crippen molar-refractivity contribution in [1.82, 2.24) is 9.88 Å². The molecule has 0 bridgehead atoms. The van der Waals surface area contributed by atoms with Gasteiger partial charge in [0.15, 0.2) is 0 Å². The van der Waals surface area contributed by atoms with Crippen LogP contribution in [-0.4, -0.2) is 28.9 Å². The van der Waals surface area contributed by atoms with Gasteiger partial charge in [-0.05, 0) is 54.3 Å². The standard InChI is InChI=1S/C21H21FN2O/c1-24(18-4-2-3-5-18)21(25)15-8-6-14(7-9-15)17-12-16-10-11-23-20(16)19(22)13-17/h6-13,18,23H,2-5H2,1H3. The summed E-state index contributed by atoms with van der Waals surface area (Å²) in [4.78, 5) is 17.4. The fourth-order valence-corrected chi connectivity index (χ4v) is 3.76. The lowest BCUT2D eigenvalue weighted by molar-refractivity contribution is 0.0735. The van der Waals surface area contributed by atoms with E-state index in [9.17, 15) is 9.18 Å². The lowest BCUT2D eigenvalue weighted by atomic mass is 10.0. The third kappa shape index (κ3) is 2.93. The van der Waals surface area contributed by atoms with Crippen LogP contribution < -0.4 is 0 Å². The van der Waals surface area contributed by atoms with Gasteiger partial charge in [-0.25, -0.2) is 4.39 Å². The molecule has 1 N–H and O–H groups in total. The molecule has 25 heavy (non-hydrogen) atoms. The van der Waals surface area contributed by atoms with Crippen LogP contribution in [0.2, 0.25) is 0 Å². The molecule has 3 nitrogen and oxygen atoms in total. The minimum absolute atomic E-state index is 0.0608. The van der Waals surface area contributed by atoms with E-state index >= 15 is 0 Å².